The van der Waals surface area contributed by atoms with E-state index in [1.165, 1.54) is 0 Å². The summed E-state index contributed by atoms with van der Waals surface area (Å²) in [6, 6.07) is 14.9. The SMILES string of the molecule is Cc1ccccc1S(=O)(=O)NC1CCN(Cc2cccc(OCCO)c2)CC1. The van der Waals surface area contributed by atoms with Crippen molar-refractivity contribution in [2.24, 2.45) is 0 Å². The first-order chi connectivity index (χ1) is 13.5. The number of piperidine rings is 1. The third-order valence-electron chi connectivity index (χ3n) is 4.96. The molecule has 0 saturated carbocycles. The molecule has 7 heteroatoms. The van der Waals surface area contributed by atoms with Crippen LogP contribution >= 0.6 is 0 Å². The van der Waals surface area contributed by atoms with Gasteiger partial charge in [-0.15, -0.1) is 0 Å². The summed E-state index contributed by atoms with van der Waals surface area (Å²) < 4.78 is 33.7. The molecule has 0 aromatic heterocycles. The molecule has 0 radical (unpaired) electrons. The molecular weight excluding hydrogens is 376 g/mol. The van der Waals surface area contributed by atoms with Crippen molar-refractivity contribution in [1.82, 2.24) is 9.62 Å². The maximum Gasteiger partial charge on any atom is 0.241 e. The molecule has 152 valence electrons. The highest BCUT2D eigenvalue weighted by atomic mass is 32.2. The van der Waals surface area contributed by atoms with Crippen molar-refractivity contribution in [3.8, 4) is 5.75 Å². The van der Waals surface area contributed by atoms with E-state index in [9.17, 15) is 8.42 Å². The lowest BCUT2D eigenvalue weighted by Gasteiger charge is -2.32. The predicted molar refractivity (Wildman–Crippen MR) is 109 cm³/mol. The van der Waals surface area contributed by atoms with Gasteiger partial charge in [-0.2, -0.15) is 0 Å². The third-order valence-corrected chi connectivity index (χ3v) is 6.64. The molecule has 0 bridgehead atoms. The second kappa shape index (κ2) is 9.52. The number of aliphatic hydroxyl groups is 1. The Labute approximate surface area is 167 Å². The van der Waals surface area contributed by atoms with Crippen molar-refractivity contribution in [3.05, 3.63) is 59.7 Å². The summed E-state index contributed by atoms with van der Waals surface area (Å²) in [6.07, 6.45) is 1.57. The lowest BCUT2D eigenvalue weighted by Crippen LogP contribution is -2.44. The monoisotopic (exact) mass is 404 g/mol. The normalized spacial score (nSPS) is 16.2. The number of ether oxygens (including phenoxy) is 1. The van der Waals surface area contributed by atoms with Crippen LogP contribution in [0.15, 0.2) is 53.4 Å². The van der Waals surface area contributed by atoms with Crippen LogP contribution in [0, 0.1) is 6.92 Å². The highest BCUT2D eigenvalue weighted by Gasteiger charge is 2.25. The molecule has 2 aromatic carbocycles. The van der Waals surface area contributed by atoms with Gasteiger partial charge in [-0.05, 0) is 49.1 Å². The summed E-state index contributed by atoms with van der Waals surface area (Å²) in [5.74, 6) is 0.757. The van der Waals surface area contributed by atoms with E-state index >= 15 is 0 Å². The molecule has 28 heavy (non-hydrogen) atoms. The molecule has 0 amide bonds. The Kier molecular flexibility index (Phi) is 7.07. The van der Waals surface area contributed by atoms with Crippen molar-refractivity contribution in [2.45, 2.75) is 37.2 Å². The van der Waals surface area contributed by atoms with Gasteiger partial charge in [0.05, 0.1) is 11.5 Å². The molecular formula is C21H28N2O4S. The van der Waals surface area contributed by atoms with Crippen molar-refractivity contribution in [1.29, 1.82) is 0 Å². The van der Waals surface area contributed by atoms with Gasteiger partial charge in [0, 0.05) is 25.7 Å². The predicted octanol–water partition coefficient (Wildman–Crippen LogP) is 2.31. The second-order valence-corrected chi connectivity index (χ2v) is 8.84. The van der Waals surface area contributed by atoms with Gasteiger partial charge in [-0.1, -0.05) is 30.3 Å². The number of likely N-dealkylation sites (tertiary alicyclic amines) is 1. The molecule has 0 unspecified atom stereocenters. The molecule has 0 atom stereocenters. The van der Waals surface area contributed by atoms with Crippen molar-refractivity contribution < 1.29 is 18.3 Å². The third kappa shape index (κ3) is 5.54. The largest absolute Gasteiger partial charge is 0.491 e. The smallest absolute Gasteiger partial charge is 0.241 e. The minimum Gasteiger partial charge on any atom is -0.491 e. The van der Waals surface area contributed by atoms with E-state index in [1.807, 2.05) is 37.3 Å². The summed E-state index contributed by atoms with van der Waals surface area (Å²) in [5.41, 5.74) is 1.91. The van der Waals surface area contributed by atoms with E-state index in [0.717, 1.165) is 49.4 Å². The Hall–Kier alpha value is -1.93. The molecule has 1 heterocycles. The van der Waals surface area contributed by atoms with Crippen LogP contribution in [-0.4, -0.2) is 50.8 Å². The summed E-state index contributed by atoms with van der Waals surface area (Å²) in [6.45, 7) is 4.57. The van der Waals surface area contributed by atoms with Crippen LogP contribution in [0.1, 0.15) is 24.0 Å². The summed E-state index contributed by atoms with van der Waals surface area (Å²) in [4.78, 5) is 2.68. The molecule has 1 fully saturated rings. The standard InChI is InChI=1S/C21H28N2O4S/c1-17-5-2-3-8-21(17)28(25,26)22-19-9-11-23(12-10-19)16-18-6-4-7-20(15-18)27-14-13-24/h2-8,15,19,22,24H,9-14,16H2,1H3. The summed E-state index contributed by atoms with van der Waals surface area (Å²) in [5, 5.41) is 8.87. The maximum absolute atomic E-state index is 12.7. The number of nitrogens with one attached hydrogen (secondary N) is 1. The number of sulfonamides is 1. The van der Waals surface area contributed by atoms with Crippen LogP contribution in [0.2, 0.25) is 0 Å². The van der Waals surface area contributed by atoms with E-state index in [1.54, 1.807) is 12.1 Å². The first-order valence-electron chi connectivity index (χ1n) is 9.61. The van der Waals surface area contributed by atoms with Crippen LogP contribution in [0.25, 0.3) is 0 Å². The average molecular weight is 405 g/mol. The van der Waals surface area contributed by atoms with Crippen LogP contribution in [-0.2, 0) is 16.6 Å². The lowest BCUT2D eigenvalue weighted by atomic mass is 10.1. The van der Waals surface area contributed by atoms with Gasteiger partial charge in [-0.25, -0.2) is 13.1 Å². The molecule has 3 rings (SSSR count). The Morgan fingerprint density at radius 1 is 1.14 bits per heavy atom. The first kappa shape index (κ1) is 20.8. The van der Waals surface area contributed by atoms with E-state index in [4.69, 9.17) is 9.84 Å². The number of hydrogen-bond donors (Lipinski definition) is 2. The van der Waals surface area contributed by atoms with Crippen molar-refractivity contribution >= 4 is 10.0 Å². The van der Waals surface area contributed by atoms with Gasteiger partial charge < -0.3 is 9.84 Å². The Morgan fingerprint density at radius 3 is 2.61 bits per heavy atom. The summed E-state index contributed by atoms with van der Waals surface area (Å²) >= 11 is 0. The second-order valence-electron chi connectivity index (χ2n) is 7.16. The van der Waals surface area contributed by atoms with Gasteiger partial charge in [0.2, 0.25) is 10.0 Å². The zero-order chi connectivity index (χ0) is 20.0. The van der Waals surface area contributed by atoms with Gasteiger partial charge in [0.1, 0.15) is 12.4 Å². The fourth-order valence-electron chi connectivity index (χ4n) is 3.51. The number of hydrogen-bond acceptors (Lipinski definition) is 5. The Bertz CT molecular complexity index is 877. The van der Waals surface area contributed by atoms with Crippen molar-refractivity contribution in [3.63, 3.8) is 0 Å². The first-order valence-corrected chi connectivity index (χ1v) is 11.1. The number of aliphatic hydroxyl groups excluding tert-OH is 1. The average Bonchev–Trinajstić information content (AvgIpc) is 2.68. The zero-order valence-corrected chi connectivity index (χ0v) is 17.0. The number of aryl methyl sites for hydroxylation is 1. The highest BCUT2D eigenvalue weighted by molar-refractivity contribution is 7.89. The lowest BCUT2D eigenvalue weighted by molar-refractivity contribution is 0.196. The van der Waals surface area contributed by atoms with E-state index < -0.39 is 10.0 Å². The van der Waals surface area contributed by atoms with Gasteiger partial charge in [0.25, 0.3) is 0 Å². The maximum atomic E-state index is 12.7. The molecule has 2 N–H and O–H groups in total. The summed E-state index contributed by atoms with van der Waals surface area (Å²) in [7, 11) is -3.49. The van der Waals surface area contributed by atoms with Crippen LogP contribution < -0.4 is 9.46 Å². The van der Waals surface area contributed by atoms with Gasteiger partial charge in [-0.3, -0.25) is 4.90 Å². The van der Waals surface area contributed by atoms with Crippen LogP contribution in [0.5, 0.6) is 5.75 Å². The number of rotatable bonds is 8. The molecule has 2 aromatic rings. The molecule has 0 aliphatic carbocycles. The highest BCUT2D eigenvalue weighted by Crippen LogP contribution is 2.20. The molecule has 1 aliphatic heterocycles. The zero-order valence-electron chi connectivity index (χ0n) is 16.2. The minimum atomic E-state index is -3.49. The quantitative estimate of drug-likeness (QED) is 0.706. The number of benzene rings is 2. The fourth-order valence-corrected chi connectivity index (χ4v) is 5.06. The molecule has 0 spiro atoms. The molecule has 1 aliphatic rings. The van der Waals surface area contributed by atoms with E-state index in [0.29, 0.717) is 4.90 Å². The minimum absolute atomic E-state index is 0.00381. The fraction of sp³-hybridized carbons (Fsp3) is 0.429. The van der Waals surface area contributed by atoms with Crippen molar-refractivity contribution in [2.75, 3.05) is 26.3 Å². The van der Waals surface area contributed by atoms with Crippen LogP contribution in [0.3, 0.4) is 0 Å². The Balaban J connectivity index is 1.53. The van der Waals surface area contributed by atoms with Gasteiger partial charge in [0.15, 0.2) is 0 Å². The molecule has 1 saturated heterocycles. The van der Waals surface area contributed by atoms with E-state index in [2.05, 4.69) is 15.7 Å². The Morgan fingerprint density at radius 2 is 1.89 bits per heavy atom. The van der Waals surface area contributed by atoms with E-state index in [-0.39, 0.29) is 19.3 Å². The van der Waals surface area contributed by atoms with Gasteiger partial charge >= 0.3 is 0 Å². The molecule has 6 nitrogen and oxygen atoms in total. The topological polar surface area (TPSA) is 78.9 Å². The van der Waals surface area contributed by atoms with Crippen LogP contribution in [0.4, 0.5) is 0 Å². The number of nitrogens with zero attached hydrogens (tertiary/aromatic N) is 1.